The monoisotopic (exact) mass is 178 g/mol. The first-order valence-electron chi connectivity index (χ1n) is 4.66. The lowest BCUT2D eigenvalue weighted by atomic mass is 9.89. The minimum Gasteiger partial charge on any atom is -0.508 e. The van der Waals surface area contributed by atoms with Crippen molar-refractivity contribution in [3.8, 4) is 5.75 Å². The van der Waals surface area contributed by atoms with Gasteiger partial charge in [-0.1, -0.05) is 12.1 Å². The average Bonchev–Trinajstić information content (AvgIpc) is 2.17. The summed E-state index contributed by atoms with van der Waals surface area (Å²) >= 11 is 0. The molecule has 0 bridgehead atoms. The van der Waals surface area contributed by atoms with Crippen molar-refractivity contribution in [2.75, 3.05) is 7.11 Å². The SMILES string of the molecule is COC1CCCc2cccc(O)c21. The molecule has 0 aromatic heterocycles. The van der Waals surface area contributed by atoms with E-state index in [9.17, 15) is 5.11 Å². The summed E-state index contributed by atoms with van der Waals surface area (Å²) in [7, 11) is 1.70. The lowest BCUT2D eigenvalue weighted by Crippen LogP contribution is -2.11. The predicted molar refractivity (Wildman–Crippen MR) is 50.8 cm³/mol. The Labute approximate surface area is 78.2 Å². The minimum atomic E-state index is 0.0879. The quantitative estimate of drug-likeness (QED) is 0.715. The summed E-state index contributed by atoms with van der Waals surface area (Å²) in [6, 6.07) is 5.70. The highest BCUT2D eigenvalue weighted by molar-refractivity contribution is 5.42. The van der Waals surface area contributed by atoms with Gasteiger partial charge in [0.1, 0.15) is 5.75 Å². The predicted octanol–water partition coefficient (Wildman–Crippen LogP) is 2.42. The smallest absolute Gasteiger partial charge is 0.121 e. The van der Waals surface area contributed by atoms with E-state index < -0.39 is 0 Å². The van der Waals surface area contributed by atoms with Crippen LogP contribution in [0.25, 0.3) is 0 Å². The van der Waals surface area contributed by atoms with Crippen molar-refractivity contribution in [1.82, 2.24) is 0 Å². The van der Waals surface area contributed by atoms with E-state index in [1.165, 1.54) is 5.56 Å². The summed E-state index contributed by atoms with van der Waals surface area (Å²) in [6.07, 6.45) is 3.31. The number of phenolic OH excluding ortho intramolecular Hbond substituents is 1. The molecule has 2 rings (SSSR count). The fourth-order valence-electron chi connectivity index (χ4n) is 2.05. The standard InChI is InChI=1S/C11H14O2/c1-13-10-7-3-5-8-4-2-6-9(12)11(8)10/h2,4,6,10,12H,3,5,7H2,1H3. The molecular formula is C11H14O2. The molecular weight excluding hydrogens is 164 g/mol. The molecule has 0 heterocycles. The number of ether oxygens (including phenoxy) is 1. The average molecular weight is 178 g/mol. The lowest BCUT2D eigenvalue weighted by molar-refractivity contribution is 0.0857. The maximum atomic E-state index is 9.68. The van der Waals surface area contributed by atoms with Gasteiger partial charge in [-0.05, 0) is 30.9 Å². The first kappa shape index (κ1) is 8.57. The normalized spacial score (nSPS) is 21.2. The molecule has 1 aliphatic carbocycles. The van der Waals surface area contributed by atoms with Crippen LogP contribution in [0.1, 0.15) is 30.1 Å². The molecule has 0 fully saturated rings. The summed E-state index contributed by atoms with van der Waals surface area (Å²) in [5.41, 5.74) is 2.23. The fourth-order valence-corrected chi connectivity index (χ4v) is 2.05. The Kier molecular flexibility index (Phi) is 2.23. The number of methoxy groups -OCH3 is 1. The molecule has 1 atom stereocenters. The molecule has 2 heteroatoms. The first-order chi connectivity index (χ1) is 6.33. The molecule has 1 aliphatic rings. The maximum Gasteiger partial charge on any atom is 0.121 e. The topological polar surface area (TPSA) is 29.5 Å². The van der Waals surface area contributed by atoms with Crippen LogP contribution in [-0.2, 0) is 11.2 Å². The maximum absolute atomic E-state index is 9.68. The molecule has 0 aliphatic heterocycles. The van der Waals surface area contributed by atoms with Gasteiger partial charge >= 0.3 is 0 Å². The van der Waals surface area contributed by atoms with Gasteiger partial charge < -0.3 is 9.84 Å². The second kappa shape index (κ2) is 3.38. The van der Waals surface area contributed by atoms with Crippen molar-refractivity contribution in [3.05, 3.63) is 29.3 Å². The van der Waals surface area contributed by atoms with E-state index in [1.807, 2.05) is 6.07 Å². The van der Waals surface area contributed by atoms with E-state index in [1.54, 1.807) is 13.2 Å². The Balaban J connectivity index is 2.47. The van der Waals surface area contributed by atoms with Crippen LogP contribution in [-0.4, -0.2) is 12.2 Å². The van der Waals surface area contributed by atoms with Crippen LogP contribution in [0.15, 0.2) is 18.2 Å². The number of aromatic hydroxyl groups is 1. The summed E-state index contributed by atoms with van der Waals surface area (Å²) in [5, 5.41) is 9.68. The molecule has 0 saturated heterocycles. The van der Waals surface area contributed by atoms with Crippen LogP contribution in [0.2, 0.25) is 0 Å². The Morgan fingerprint density at radius 2 is 2.31 bits per heavy atom. The van der Waals surface area contributed by atoms with E-state index in [-0.39, 0.29) is 6.10 Å². The third-order valence-corrected chi connectivity index (χ3v) is 2.69. The molecule has 1 aromatic carbocycles. The Morgan fingerprint density at radius 1 is 1.46 bits per heavy atom. The number of benzene rings is 1. The number of fused-ring (bicyclic) bond motifs is 1. The number of rotatable bonds is 1. The third-order valence-electron chi connectivity index (χ3n) is 2.69. The van der Waals surface area contributed by atoms with Crippen molar-refractivity contribution in [2.24, 2.45) is 0 Å². The van der Waals surface area contributed by atoms with Gasteiger partial charge in [-0.15, -0.1) is 0 Å². The molecule has 0 saturated carbocycles. The Hall–Kier alpha value is -1.02. The van der Waals surface area contributed by atoms with Gasteiger partial charge in [0.05, 0.1) is 6.10 Å². The lowest BCUT2D eigenvalue weighted by Gasteiger charge is -2.24. The van der Waals surface area contributed by atoms with Gasteiger partial charge in [-0.3, -0.25) is 0 Å². The largest absolute Gasteiger partial charge is 0.508 e. The van der Waals surface area contributed by atoms with Crippen molar-refractivity contribution in [1.29, 1.82) is 0 Å². The molecule has 1 aromatic rings. The molecule has 13 heavy (non-hydrogen) atoms. The first-order valence-corrected chi connectivity index (χ1v) is 4.66. The van der Waals surface area contributed by atoms with E-state index in [0.29, 0.717) is 5.75 Å². The van der Waals surface area contributed by atoms with Gasteiger partial charge in [-0.2, -0.15) is 0 Å². The van der Waals surface area contributed by atoms with Crippen molar-refractivity contribution < 1.29 is 9.84 Å². The molecule has 1 unspecified atom stereocenters. The zero-order valence-electron chi connectivity index (χ0n) is 7.79. The van der Waals surface area contributed by atoms with Crippen molar-refractivity contribution >= 4 is 0 Å². The molecule has 0 amide bonds. The molecule has 0 radical (unpaired) electrons. The highest BCUT2D eigenvalue weighted by Crippen LogP contribution is 2.37. The molecule has 2 nitrogen and oxygen atoms in total. The summed E-state index contributed by atoms with van der Waals surface area (Å²) < 4.78 is 5.34. The van der Waals surface area contributed by atoms with Gasteiger partial charge in [0.2, 0.25) is 0 Å². The number of phenols is 1. The van der Waals surface area contributed by atoms with Crippen LogP contribution in [0.3, 0.4) is 0 Å². The fraction of sp³-hybridized carbons (Fsp3) is 0.455. The summed E-state index contributed by atoms with van der Waals surface area (Å²) in [4.78, 5) is 0. The van der Waals surface area contributed by atoms with Crippen molar-refractivity contribution in [3.63, 3.8) is 0 Å². The van der Waals surface area contributed by atoms with Crippen LogP contribution < -0.4 is 0 Å². The van der Waals surface area contributed by atoms with E-state index in [0.717, 1.165) is 24.8 Å². The summed E-state index contributed by atoms with van der Waals surface area (Å²) in [6.45, 7) is 0. The minimum absolute atomic E-state index is 0.0879. The van der Waals surface area contributed by atoms with Crippen molar-refractivity contribution in [2.45, 2.75) is 25.4 Å². The number of aryl methyl sites for hydroxylation is 1. The highest BCUT2D eigenvalue weighted by atomic mass is 16.5. The van der Waals surface area contributed by atoms with Crippen LogP contribution in [0.4, 0.5) is 0 Å². The zero-order chi connectivity index (χ0) is 9.26. The number of hydrogen-bond donors (Lipinski definition) is 1. The van der Waals surface area contributed by atoms with E-state index >= 15 is 0 Å². The number of hydrogen-bond acceptors (Lipinski definition) is 2. The zero-order valence-corrected chi connectivity index (χ0v) is 7.79. The molecule has 1 N–H and O–H groups in total. The van der Waals surface area contributed by atoms with Gasteiger partial charge in [0, 0.05) is 12.7 Å². The summed E-state index contributed by atoms with van der Waals surface area (Å²) in [5.74, 6) is 0.379. The van der Waals surface area contributed by atoms with Crippen LogP contribution >= 0.6 is 0 Å². The van der Waals surface area contributed by atoms with E-state index in [4.69, 9.17) is 4.74 Å². The van der Waals surface area contributed by atoms with Gasteiger partial charge in [0.25, 0.3) is 0 Å². The molecule has 0 spiro atoms. The second-order valence-corrected chi connectivity index (χ2v) is 3.47. The Bertz CT molecular complexity index is 307. The van der Waals surface area contributed by atoms with Gasteiger partial charge in [0.15, 0.2) is 0 Å². The Morgan fingerprint density at radius 3 is 3.08 bits per heavy atom. The molecule has 70 valence electrons. The van der Waals surface area contributed by atoms with Gasteiger partial charge in [-0.25, -0.2) is 0 Å². The van der Waals surface area contributed by atoms with E-state index in [2.05, 4.69) is 6.07 Å². The highest BCUT2D eigenvalue weighted by Gasteiger charge is 2.22. The van der Waals surface area contributed by atoms with Crippen LogP contribution in [0, 0.1) is 0 Å². The second-order valence-electron chi connectivity index (χ2n) is 3.47. The van der Waals surface area contributed by atoms with Crippen LogP contribution in [0.5, 0.6) is 5.75 Å². The third kappa shape index (κ3) is 1.42.